The van der Waals surface area contributed by atoms with Crippen molar-refractivity contribution >= 4 is 21.8 Å². The van der Waals surface area contributed by atoms with Crippen LogP contribution in [-0.4, -0.2) is 42.5 Å². The highest BCUT2D eigenvalue weighted by Crippen LogP contribution is 2.14. The van der Waals surface area contributed by atoms with Crippen LogP contribution in [0.1, 0.15) is 23.3 Å². The fourth-order valence-corrected chi connectivity index (χ4v) is 2.61. The van der Waals surface area contributed by atoms with Crippen LogP contribution in [0.25, 0.3) is 0 Å². The number of carbonyl (C=O) groups excluding carboxylic acids is 1. The molecule has 5 heteroatoms. The van der Waals surface area contributed by atoms with Gasteiger partial charge < -0.3 is 15.2 Å². The van der Waals surface area contributed by atoms with E-state index in [4.69, 9.17) is 0 Å². The molecule has 1 aromatic heterocycles. The molecule has 0 bridgehead atoms. The first-order chi connectivity index (χ1) is 8.15. The van der Waals surface area contributed by atoms with Gasteiger partial charge in [0.05, 0.1) is 0 Å². The summed E-state index contributed by atoms with van der Waals surface area (Å²) in [5, 5.41) is 2.98. The minimum Gasteiger partial charge on any atom is -0.356 e. The van der Waals surface area contributed by atoms with Crippen molar-refractivity contribution in [3.05, 3.63) is 22.4 Å². The van der Waals surface area contributed by atoms with Gasteiger partial charge in [-0.1, -0.05) is 0 Å². The molecule has 1 saturated heterocycles. The van der Waals surface area contributed by atoms with Gasteiger partial charge in [0.2, 0.25) is 0 Å². The van der Waals surface area contributed by atoms with Crippen LogP contribution in [0.4, 0.5) is 0 Å². The van der Waals surface area contributed by atoms with Crippen molar-refractivity contribution in [1.82, 2.24) is 15.2 Å². The summed E-state index contributed by atoms with van der Waals surface area (Å²) in [6, 6.07) is 1.79. The maximum absolute atomic E-state index is 11.8. The topological polar surface area (TPSA) is 48.1 Å². The zero-order valence-electron chi connectivity index (χ0n) is 10.0. The predicted octanol–water partition coefficient (Wildman–Crippen LogP) is 1.85. The molecule has 1 amide bonds. The number of halogens is 1. The third-order valence-corrected chi connectivity index (χ3v) is 3.62. The first kappa shape index (κ1) is 12.6. The van der Waals surface area contributed by atoms with Gasteiger partial charge in [0.25, 0.3) is 5.91 Å². The summed E-state index contributed by atoms with van der Waals surface area (Å²) in [7, 11) is 2.13. The molecule has 1 aliphatic rings. The lowest BCUT2D eigenvalue weighted by atomic mass is 9.98. The summed E-state index contributed by atoms with van der Waals surface area (Å²) in [6.45, 7) is 3.02. The van der Waals surface area contributed by atoms with Crippen molar-refractivity contribution in [2.45, 2.75) is 12.8 Å². The lowest BCUT2D eigenvalue weighted by Crippen LogP contribution is -2.39. The Labute approximate surface area is 110 Å². The number of aromatic nitrogens is 1. The van der Waals surface area contributed by atoms with Crippen molar-refractivity contribution in [2.75, 3.05) is 26.7 Å². The Morgan fingerprint density at radius 3 is 3.18 bits per heavy atom. The van der Waals surface area contributed by atoms with Gasteiger partial charge in [-0.2, -0.15) is 0 Å². The van der Waals surface area contributed by atoms with Gasteiger partial charge in [0, 0.05) is 23.8 Å². The standard InChI is InChI=1S/C12H18BrN3O/c1-16-4-2-3-9(8-16)6-15-12(17)11-5-10(13)7-14-11/h5,7,9,14H,2-4,6,8H2,1H3,(H,15,17). The monoisotopic (exact) mass is 299 g/mol. The third kappa shape index (κ3) is 3.57. The van der Waals surface area contributed by atoms with E-state index in [0.29, 0.717) is 11.6 Å². The molecule has 0 aliphatic carbocycles. The average molecular weight is 300 g/mol. The summed E-state index contributed by atoms with van der Waals surface area (Å²) in [6.07, 6.45) is 4.20. The number of H-pyrrole nitrogens is 1. The van der Waals surface area contributed by atoms with E-state index in [1.165, 1.54) is 19.4 Å². The fraction of sp³-hybridized carbons (Fsp3) is 0.583. The Morgan fingerprint density at radius 2 is 2.53 bits per heavy atom. The number of hydrogen-bond donors (Lipinski definition) is 2. The van der Waals surface area contributed by atoms with Gasteiger partial charge in [-0.15, -0.1) is 0 Å². The molecule has 94 valence electrons. The number of nitrogens with one attached hydrogen (secondary N) is 2. The van der Waals surface area contributed by atoms with Gasteiger partial charge >= 0.3 is 0 Å². The molecule has 0 radical (unpaired) electrons. The molecule has 1 atom stereocenters. The Balaban J connectivity index is 1.80. The van der Waals surface area contributed by atoms with E-state index >= 15 is 0 Å². The van der Waals surface area contributed by atoms with Gasteiger partial charge in [0.1, 0.15) is 5.69 Å². The minimum absolute atomic E-state index is 0.0241. The Bertz CT molecular complexity index is 391. The number of hydrogen-bond acceptors (Lipinski definition) is 2. The van der Waals surface area contributed by atoms with Crippen LogP contribution in [0.2, 0.25) is 0 Å². The zero-order valence-corrected chi connectivity index (χ0v) is 11.6. The van der Waals surface area contributed by atoms with E-state index < -0.39 is 0 Å². The van der Waals surface area contributed by atoms with Crippen LogP contribution in [0.5, 0.6) is 0 Å². The highest BCUT2D eigenvalue weighted by molar-refractivity contribution is 9.10. The first-order valence-electron chi connectivity index (χ1n) is 5.96. The molecule has 1 aliphatic heterocycles. The second-order valence-corrected chi connectivity index (χ2v) is 5.63. The smallest absolute Gasteiger partial charge is 0.267 e. The summed E-state index contributed by atoms with van der Waals surface area (Å²) in [4.78, 5) is 17.1. The van der Waals surface area contributed by atoms with Crippen LogP contribution in [0.15, 0.2) is 16.7 Å². The maximum atomic E-state index is 11.8. The number of likely N-dealkylation sites (tertiary alicyclic amines) is 1. The molecule has 2 heterocycles. The largest absolute Gasteiger partial charge is 0.356 e. The van der Waals surface area contributed by atoms with Gasteiger partial charge in [0.15, 0.2) is 0 Å². The van der Waals surface area contributed by atoms with E-state index in [9.17, 15) is 4.79 Å². The normalized spacial score (nSPS) is 21.4. The molecule has 0 spiro atoms. The predicted molar refractivity (Wildman–Crippen MR) is 71.0 cm³/mol. The number of carbonyl (C=O) groups is 1. The van der Waals surface area contributed by atoms with Gasteiger partial charge in [-0.3, -0.25) is 4.79 Å². The van der Waals surface area contributed by atoms with Crippen molar-refractivity contribution in [3.63, 3.8) is 0 Å². The van der Waals surface area contributed by atoms with E-state index in [1.54, 1.807) is 12.3 Å². The minimum atomic E-state index is -0.0241. The molecular formula is C12H18BrN3O. The lowest BCUT2D eigenvalue weighted by molar-refractivity contribution is 0.0932. The van der Waals surface area contributed by atoms with Crippen LogP contribution in [-0.2, 0) is 0 Å². The maximum Gasteiger partial charge on any atom is 0.267 e. The number of nitrogens with zero attached hydrogens (tertiary/aromatic N) is 1. The Hall–Kier alpha value is -0.810. The average Bonchev–Trinajstić information content (AvgIpc) is 2.73. The molecule has 1 fully saturated rings. The first-order valence-corrected chi connectivity index (χ1v) is 6.75. The molecule has 1 aromatic rings. The second kappa shape index (κ2) is 5.69. The summed E-state index contributed by atoms with van der Waals surface area (Å²) < 4.78 is 0.903. The molecule has 0 aromatic carbocycles. The second-order valence-electron chi connectivity index (χ2n) is 4.71. The van der Waals surface area contributed by atoms with Crippen molar-refractivity contribution in [1.29, 1.82) is 0 Å². The summed E-state index contributed by atoms with van der Waals surface area (Å²) >= 11 is 3.32. The molecule has 17 heavy (non-hydrogen) atoms. The van der Waals surface area contributed by atoms with Crippen molar-refractivity contribution < 1.29 is 4.79 Å². The summed E-state index contributed by atoms with van der Waals surface area (Å²) in [5.74, 6) is 0.556. The zero-order chi connectivity index (χ0) is 12.3. The quantitative estimate of drug-likeness (QED) is 0.895. The number of amides is 1. The highest BCUT2D eigenvalue weighted by atomic mass is 79.9. The Kier molecular flexibility index (Phi) is 4.23. The number of rotatable bonds is 3. The SMILES string of the molecule is CN1CCCC(CNC(=O)c2cc(Br)c[nH]2)C1. The molecule has 4 nitrogen and oxygen atoms in total. The van der Waals surface area contributed by atoms with Crippen LogP contribution in [0, 0.1) is 5.92 Å². The molecule has 0 saturated carbocycles. The molecular weight excluding hydrogens is 282 g/mol. The lowest BCUT2D eigenvalue weighted by Gasteiger charge is -2.29. The van der Waals surface area contributed by atoms with Crippen LogP contribution in [0.3, 0.4) is 0 Å². The molecule has 2 rings (SSSR count). The van der Waals surface area contributed by atoms with E-state index in [0.717, 1.165) is 17.6 Å². The van der Waals surface area contributed by atoms with Gasteiger partial charge in [-0.05, 0) is 54.3 Å². The van der Waals surface area contributed by atoms with Crippen LogP contribution < -0.4 is 5.32 Å². The Morgan fingerprint density at radius 1 is 1.71 bits per heavy atom. The van der Waals surface area contributed by atoms with E-state index in [-0.39, 0.29) is 5.91 Å². The number of piperidine rings is 1. The van der Waals surface area contributed by atoms with Crippen molar-refractivity contribution in [2.24, 2.45) is 5.92 Å². The van der Waals surface area contributed by atoms with Crippen molar-refractivity contribution in [3.8, 4) is 0 Å². The molecule has 2 N–H and O–H groups in total. The van der Waals surface area contributed by atoms with E-state index in [2.05, 4.69) is 38.2 Å². The highest BCUT2D eigenvalue weighted by Gasteiger charge is 2.18. The third-order valence-electron chi connectivity index (χ3n) is 3.17. The van der Waals surface area contributed by atoms with E-state index in [1.807, 2.05) is 0 Å². The number of aromatic amines is 1. The van der Waals surface area contributed by atoms with Crippen LogP contribution >= 0.6 is 15.9 Å². The summed E-state index contributed by atoms with van der Waals surface area (Å²) in [5.41, 5.74) is 0.612. The fourth-order valence-electron chi connectivity index (χ4n) is 2.27. The molecule has 1 unspecified atom stereocenters. The van der Waals surface area contributed by atoms with Gasteiger partial charge in [-0.25, -0.2) is 0 Å².